The second-order valence-corrected chi connectivity index (χ2v) is 10.5. The molecular formula is C23H22F2N4OS2. The zero-order chi connectivity index (χ0) is 21.9. The van der Waals surface area contributed by atoms with E-state index in [1.165, 1.54) is 27.8 Å². The summed E-state index contributed by atoms with van der Waals surface area (Å²) in [5.41, 5.74) is 2.30. The summed E-state index contributed by atoms with van der Waals surface area (Å²) in [6, 6.07) is 5.26. The Kier molecular flexibility index (Phi) is 4.90. The minimum atomic E-state index is -0.666. The molecule has 9 heteroatoms. The largest absolute Gasteiger partial charge is 0.381 e. The Morgan fingerprint density at radius 3 is 2.91 bits per heavy atom. The van der Waals surface area contributed by atoms with Crippen molar-refractivity contribution < 1.29 is 13.5 Å². The second-order valence-electron chi connectivity index (χ2n) is 8.58. The van der Waals surface area contributed by atoms with Gasteiger partial charge in [0, 0.05) is 41.1 Å². The van der Waals surface area contributed by atoms with Gasteiger partial charge in [-0.2, -0.15) is 0 Å². The number of benzene rings is 1. The summed E-state index contributed by atoms with van der Waals surface area (Å²) in [5.74, 6) is -0.887. The number of thiazole rings is 1. The summed E-state index contributed by atoms with van der Waals surface area (Å²) in [5, 5.41) is 3.89. The number of anilines is 2. The fourth-order valence-electron chi connectivity index (χ4n) is 5.36. The number of rotatable bonds is 3. The van der Waals surface area contributed by atoms with Gasteiger partial charge in [-0.05, 0) is 51.1 Å². The van der Waals surface area contributed by atoms with E-state index in [9.17, 15) is 8.78 Å². The van der Waals surface area contributed by atoms with Crippen LogP contribution in [0.25, 0.3) is 20.4 Å². The minimum absolute atomic E-state index is 0.112. The number of hydrogen-bond acceptors (Lipinski definition) is 7. The van der Waals surface area contributed by atoms with Crippen molar-refractivity contribution in [1.82, 2.24) is 14.9 Å². The standard InChI is InChI=1S/C23H22F2N4OS2/c1-29-7-3-14(23(29)4-8-30-9-5-23)17-10-13-16(2-6-26-22(13)32-17)28-20-15(24)11-18-21(19(20)25)27-12-31-18/h2,6,10-12,14H,3-5,7-9H2,1H3,(H,26,28)/t14-/m1/s1. The summed E-state index contributed by atoms with van der Waals surface area (Å²) >= 11 is 2.91. The molecule has 5 heterocycles. The average molecular weight is 473 g/mol. The number of likely N-dealkylation sites (N-methyl/N-ethyl adjacent to an activating group) is 1. The van der Waals surface area contributed by atoms with Crippen LogP contribution in [0.5, 0.6) is 0 Å². The first-order valence-electron chi connectivity index (χ1n) is 10.7. The van der Waals surface area contributed by atoms with Crippen LogP contribution >= 0.6 is 22.7 Å². The van der Waals surface area contributed by atoms with E-state index in [0.29, 0.717) is 16.3 Å². The first kappa shape index (κ1) is 20.4. The minimum Gasteiger partial charge on any atom is -0.381 e. The summed E-state index contributed by atoms with van der Waals surface area (Å²) in [7, 11) is 2.21. The zero-order valence-electron chi connectivity index (χ0n) is 17.5. The molecule has 1 N–H and O–H groups in total. The van der Waals surface area contributed by atoms with Crippen molar-refractivity contribution in [2.45, 2.75) is 30.7 Å². The van der Waals surface area contributed by atoms with Crippen molar-refractivity contribution in [3.05, 3.63) is 46.4 Å². The zero-order valence-corrected chi connectivity index (χ0v) is 19.2. The molecule has 166 valence electrons. The third-order valence-corrected chi connectivity index (χ3v) is 9.03. The predicted molar refractivity (Wildman–Crippen MR) is 125 cm³/mol. The number of likely N-dealkylation sites (tertiary alicyclic amines) is 1. The molecule has 2 aliphatic heterocycles. The lowest BCUT2D eigenvalue weighted by Gasteiger charge is -2.43. The molecule has 6 rings (SSSR count). The maximum Gasteiger partial charge on any atom is 0.176 e. The molecule has 0 unspecified atom stereocenters. The molecule has 0 saturated carbocycles. The van der Waals surface area contributed by atoms with Crippen LogP contribution in [-0.2, 0) is 4.74 Å². The van der Waals surface area contributed by atoms with Gasteiger partial charge in [-0.3, -0.25) is 4.90 Å². The molecule has 3 aromatic heterocycles. The number of hydrogen-bond donors (Lipinski definition) is 1. The van der Waals surface area contributed by atoms with E-state index in [1.54, 1.807) is 23.6 Å². The monoisotopic (exact) mass is 472 g/mol. The Balaban J connectivity index is 1.41. The maximum atomic E-state index is 15.0. The van der Waals surface area contributed by atoms with Crippen LogP contribution < -0.4 is 5.32 Å². The molecule has 2 fully saturated rings. The molecule has 0 amide bonds. The van der Waals surface area contributed by atoms with E-state index in [-0.39, 0.29) is 16.7 Å². The molecule has 4 aromatic rings. The first-order chi connectivity index (χ1) is 15.6. The Labute approximate surface area is 192 Å². The number of aromatic nitrogens is 2. The normalized spacial score (nSPS) is 21.2. The smallest absolute Gasteiger partial charge is 0.176 e. The van der Waals surface area contributed by atoms with Gasteiger partial charge in [0.05, 0.1) is 15.9 Å². The number of ether oxygens (including phenoxy) is 1. The van der Waals surface area contributed by atoms with E-state index >= 15 is 0 Å². The quantitative estimate of drug-likeness (QED) is 0.403. The number of pyridine rings is 1. The number of nitrogens with zero attached hydrogens (tertiary/aromatic N) is 3. The predicted octanol–water partition coefficient (Wildman–Crippen LogP) is 5.90. The molecule has 32 heavy (non-hydrogen) atoms. The highest BCUT2D eigenvalue weighted by Crippen LogP contribution is 2.50. The summed E-state index contributed by atoms with van der Waals surface area (Å²) in [6.07, 6.45) is 4.82. The highest BCUT2D eigenvalue weighted by atomic mass is 32.1. The van der Waals surface area contributed by atoms with Crippen molar-refractivity contribution in [1.29, 1.82) is 0 Å². The number of nitrogens with one attached hydrogen (secondary N) is 1. The van der Waals surface area contributed by atoms with Crippen LogP contribution in [-0.4, -0.2) is 47.2 Å². The van der Waals surface area contributed by atoms with E-state index < -0.39 is 11.6 Å². The molecule has 1 aromatic carbocycles. The van der Waals surface area contributed by atoms with Gasteiger partial charge in [0.25, 0.3) is 0 Å². The van der Waals surface area contributed by atoms with E-state index in [1.807, 2.05) is 0 Å². The molecule has 0 radical (unpaired) electrons. The van der Waals surface area contributed by atoms with Crippen molar-refractivity contribution >= 4 is 54.5 Å². The van der Waals surface area contributed by atoms with Gasteiger partial charge in [0.1, 0.15) is 16.0 Å². The Morgan fingerprint density at radius 1 is 1.22 bits per heavy atom. The van der Waals surface area contributed by atoms with Gasteiger partial charge in [-0.25, -0.2) is 18.7 Å². The van der Waals surface area contributed by atoms with Crippen LogP contribution in [0.4, 0.5) is 20.2 Å². The molecular weight excluding hydrogens is 450 g/mol. The molecule has 2 saturated heterocycles. The van der Waals surface area contributed by atoms with E-state index in [4.69, 9.17) is 4.74 Å². The molecule has 2 aliphatic rings. The van der Waals surface area contributed by atoms with Crippen LogP contribution in [0.2, 0.25) is 0 Å². The third-order valence-electron chi connectivity index (χ3n) is 7.10. The Bertz CT molecular complexity index is 1310. The first-order valence-corrected chi connectivity index (χ1v) is 12.4. The van der Waals surface area contributed by atoms with Crippen molar-refractivity contribution in [2.75, 3.05) is 32.1 Å². The lowest BCUT2D eigenvalue weighted by Crippen LogP contribution is -2.49. The summed E-state index contributed by atoms with van der Waals surface area (Å²) in [4.78, 5) is 13.2. The lowest BCUT2D eigenvalue weighted by molar-refractivity contribution is -0.00532. The van der Waals surface area contributed by atoms with Crippen molar-refractivity contribution in [3.8, 4) is 0 Å². The van der Waals surface area contributed by atoms with Gasteiger partial charge in [-0.15, -0.1) is 22.7 Å². The van der Waals surface area contributed by atoms with Gasteiger partial charge in [0.2, 0.25) is 0 Å². The fraction of sp³-hybridized carbons (Fsp3) is 0.391. The maximum absolute atomic E-state index is 15.0. The molecule has 5 nitrogen and oxygen atoms in total. The van der Waals surface area contributed by atoms with Crippen molar-refractivity contribution in [2.24, 2.45) is 0 Å². The lowest BCUT2D eigenvalue weighted by atomic mass is 9.77. The summed E-state index contributed by atoms with van der Waals surface area (Å²) < 4.78 is 35.9. The SMILES string of the molecule is CN1CC[C@H](c2cc3c(Nc4c(F)cc5scnc5c4F)ccnc3s2)C12CCOCC2. The van der Waals surface area contributed by atoms with Crippen LogP contribution in [0.1, 0.15) is 30.1 Å². The number of thiophene rings is 1. The molecule has 0 bridgehead atoms. The fourth-order valence-corrected chi connectivity index (χ4v) is 7.33. The van der Waals surface area contributed by atoms with E-state index in [0.717, 1.165) is 49.2 Å². The van der Waals surface area contributed by atoms with Crippen molar-refractivity contribution in [3.63, 3.8) is 0 Å². The summed E-state index contributed by atoms with van der Waals surface area (Å²) in [6.45, 7) is 2.63. The van der Waals surface area contributed by atoms with Gasteiger partial charge < -0.3 is 10.1 Å². The Hall–Kier alpha value is -2.20. The Morgan fingerprint density at radius 2 is 2.06 bits per heavy atom. The molecule has 1 spiro atoms. The van der Waals surface area contributed by atoms with Crippen LogP contribution in [0, 0.1) is 11.6 Å². The molecule has 1 atom stereocenters. The van der Waals surface area contributed by atoms with E-state index in [2.05, 4.69) is 33.3 Å². The van der Waals surface area contributed by atoms with Gasteiger partial charge >= 0.3 is 0 Å². The highest BCUT2D eigenvalue weighted by Gasteiger charge is 2.48. The third kappa shape index (κ3) is 3.06. The number of halogens is 2. The topological polar surface area (TPSA) is 50.3 Å². The average Bonchev–Trinajstić information content (AvgIpc) is 3.50. The van der Waals surface area contributed by atoms with Crippen LogP contribution in [0.15, 0.2) is 29.9 Å². The molecule has 0 aliphatic carbocycles. The second kappa shape index (κ2) is 7.69. The van der Waals surface area contributed by atoms with Crippen LogP contribution in [0.3, 0.4) is 0 Å². The van der Waals surface area contributed by atoms with Gasteiger partial charge in [-0.1, -0.05) is 0 Å². The van der Waals surface area contributed by atoms with Gasteiger partial charge in [0.15, 0.2) is 11.6 Å². The number of fused-ring (bicyclic) bond motifs is 2. The highest BCUT2D eigenvalue weighted by molar-refractivity contribution is 7.18.